The minimum absolute atomic E-state index is 0.161. The zero-order chi connectivity index (χ0) is 21.5. The predicted octanol–water partition coefficient (Wildman–Crippen LogP) is 3.72. The lowest BCUT2D eigenvalue weighted by atomic mass is 9.86. The molecule has 0 unspecified atom stereocenters. The van der Waals surface area contributed by atoms with Gasteiger partial charge in [0.25, 0.3) is 5.91 Å². The molecule has 8 heteroatoms. The molecule has 0 bridgehead atoms. The molecule has 0 radical (unpaired) electrons. The van der Waals surface area contributed by atoms with Gasteiger partial charge in [0.1, 0.15) is 0 Å². The molecule has 2 aliphatic rings. The summed E-state index contributed by atoms with van der Waals surface area (Å²) >= 11 is 0. The van der Waals surface area contributed by atoms with Crippen molar-refractivity contribution in [2.24, 2.45) is 5.92 Å². The number of carbonyl (C=O) groups excluding carboxylic acids is 3. The van der Waals surface area contributed by atoms with Crippen LogP contribution in [0.25, 0.3) is 6.08 Å². The molecule has 1 heterocycles. The van der Waals surface area contributed by atoms with Gasteiger partial charge >= 0.3 is 5.69 Å². The molecule has 0 atom stereocenters. The first-order chi connectivity index (χ1) is 14.4. The lowest BCUT2D eigenvalue weighted by molar-refractivity contribution is -0.385. The van der Waals surface area contributed by atoms with E-state index in [0.717, 1.165) is 18.8 Å². The number of hydrogen-bond acceptors (Lipinski definition) is 6. The second-order valence-electron chi connectivity index (χ2n) is 7.87. The Hall–Kier alpha value is -3.03. The van der Waals surface area contributed by atoms with E-state index in [9.17, 15) is 24.5 Å². The SMILES string of the molecule is O=C1CC(=O)/C(=C\c2ccc(OCCCCC3CCCCC3)c([N+](=O)[O-])c2)C(=O)N1. The van der Waals surface area contributed by atoms with E-state index in [1.165, 1.54) is 56.7 Å². The van der Waals surface area contributed by atoms with Crippen LogP contribution >= 0.6 is 0 Å². The van der Waals surface area contributed by atoms with Crippen LogP contribution in [-0.2, 0) is 14.4 Å². The minimum Gasteiger partial charge on any atom is -0.487 e. The quantitative estimate of drug-likeness (QED) is 0.132. The van der Waals surface area contributed by atoms with Crippen molar-refractivity contribution in [1.82, 2.24) is 5.32 Å². The van der Waals surface area contributed by atoms with Gasteiger partial charge in [0, 0.05) is 6.07 Å². The number of hydrogen-bond donors (Lipinski definition) is 1. The molecule has 0 spiro atoms. The van der Waals surface area contributed by atoms with Gasteiger partial charge in [-0.05, 0) is 36.5 Å². The summed E-state index contributed by atoms with van der Waals surface area (Å²) in [6.45, 7) is 0.400. The molecule has 2 fully saturated rings. The second-order valence-corrected chi connectivity index (χ2v) is 7.87. The number of Topliss-reactive ketones (excluding diaryl/α,β-unsaturated/α-hetero) is 1. The predicted molar refractivity (Wildman–Crippen MR) is 110 cm³/mol. The lowest BCUT2D eigenvalue weighted by Gasteiger charge is -2.21. The van der Waals surface area contributed by atoms with Gasteiger partial charge in [-0.25, -0.2) is 0 Å². The number of amides is 2. The Morgan fingerprint density at radius 1 is 1.13 bits per heavy atom. The maximum Gasteiger partial charge on any atom is 0.311 e. The number of rotatable bonds is 8. The molecule has 0 aromatic heterocycles. The fraction of sp³-hybridized carbons (Fsp3) is 0.500. The van der Waals surface area contributed by atoms with Gasteiger partial charge in [0.15, 0.2) is 11.5 Å². The Labute approximate surface area is 174 Å². The van der Waals surface area contributed by atoms with Crippen LogP contribution in [0.4, 0.5) is 5.69 Å². The van der Waals surface area contributed by atoms with Crippen molar-refractivity contribution in [3.63, 3.8) is 0 Å². The monoisotopic (exact) mass is 414 g/mol. The number of imide groups is 1. The maximum absolute atomic E-state index is 11.9. The summed E-state index contributed by atoms with van der Waals surface area (Å²) < 4.78 is 5.64. The largest absolute Gasteiger partial charge is 0.487 e. The third kappa shape index (κ3) is 5.75. The van der Waals surface area contributed by atoms with Gasteiger partial charge in [0.2, 0.25) is 5.91 Å². The average Bonchev–Trinajstić information content (AvgIpc) is 2.71. The Bertz CT molecular complexity index is 848. The molecule has 1 aliphatic carbocycles. The highest BCUT2D eigenvalue weighted by atomic mass is 16.6. The second kappa shape index (κ2) is 10.1. The van der Waals surface area contributed by atoms with Gasteiger partial charge in [-0.1, -0.05) is 44.6 Å². The molecule has 8 nitrogen and oxygen atoms in total. The van der Waals surface area contributed by atoms with Crippen molar-refractivity contribution >= 4 is 29.4 Å². The number of nitro groups is 1. The minimum atomic E-state index is -0.794. The zero-order valence-electron chi connectivity index (χ0n) is 16.9. The molecule has 1 N–H and O–H groups in total. The van der Waals surface area contributed by atoms with E-state index in [0.29, 0.717) is 12.2 Å². The lowest BCUT2D eigenvalue weighted by Crippen LogP contribution is -2.40. The summed E-state index contributed by atoms with van der Waals surface area (Å²) in [5.74, 6) is -1.09. The van der Waals surface area contributed by atoms with Gasteiger partial charge in [0.05, 0.1) is 23.5 Å². The van der Waals surface area contributed by atoms with Crippen LogP contribution in [0, 0.1) is 16.0 Å². The summed E-state index contributed by atoms with van der Waals surface area (Å²) in [5.41, 5.74) is -0.101. The number of nitrogens with zero attached hydrogens (tertiary/aromatic N) is 1. The van der Waals surface area contributed by atoms with Gasteiger partial charge < -0.3 is 4.74 Å². The zero-order valence-corrected chi connectivity index (χ0v) is 16.9. The van der Waals surface area contributed by atoms with Crippen LogP contribution in [0.1, 0.15) is 63.4 Å². The van der Waals surface area contributed by atoms with E-state index in [1.807, 2.05) is 0 Å². The van der Waals surface area contributed by atoms with Crippen molar-refractivity contribution in [1.29, 1.82) is 0 Å². The molecule has 1 aliphatic heterocycles. The molecule has 30 heavy (non-hydrogen) atoms. The van der Waals surface area contributed by atoms with E-state index in [4.69, 9.17) is 4.74 Å². The molecular weight excluding hydrogens is 388 g/mol. The van der Waals surface area contributed by atoms with E-state index >= 15 is 0 Å². The van der Waals surface area contributed by atoms with Crippen molar-refractivity contribution in [2.75, 3.05) is 6.61 Å². The van der Waals surface area contributed by atoms with Crippen molar-refractivity contribution in [3.05, 3.63) is 39.4 Å². The molecule has 1 saturated heterocycles. The number of carbonyl (C=O) groups is 3. The number of nitro benzene ring substituents is 1. The van der Waals surface area contributed by atoms with Crippen LogP contribution in [0.5, 0.6) is 5.75 Å². The standard InChI is InChI=1S/C22H26N2O6/c25-19-14-21(26)23-22(27)17(19)12-16-9-10-20(18(13-16)24(28)29)30-11-5-4-8-15-6-2-1-3-7-15/h9-10,12-13,15H,1-8,11,14H2,(H,23,26,27)/b17-12+. The highest BCUT2D eigenvalue weighted by Gasteiger charge is 2.28. The molecule has 1 aromatic rings. The van der Waals surface area contributed by atoms with E-state index in [2.05, 4.69) is 5.32 Å². The van der Waals surface area contributed by atoms with E-state index in [1.54, 1.807) is 6.07 Å². The third-order valence-electron chi connectivity index (χ3n) is 5.60. The van der Waals surface area contributed by atoms with Crippen molar-refractivity contribution in [2.45, 2.75) is 57.8 Å². The Kier molecular flexibility index (Phi) is 7.32. The van der Waals surface area contributed by atoms with Gasteiger partial charge in [-0.15, -0.1) is 0 Å². The van der Waals surface area contributed by atoms with Crippen molar-refractivity contribution < 1.29 is 24.0 Å². The van der Waals surface area contributed by atoms with E-state index < -0.39 is 28.9 Å². The van der Waals surface area contributed by atoms with Gasteiger partial charge in [-0.2, -0.15) is 0 Å². The summed E-state index contributed by atoms with van der Waals surface area (Å²) in [4.78, 5) is 45.9. The number of benzene rings is 1. The maximum atomic E-state index is 11.9. The number of unbranched alkanes of at least 4 members (excludes halogenated alkanes) is 1. The number of piperidine rings is 1. The Morgan fingerprint density at radius 3 is 2.60 bits per heavy atom. The Morgan fingerprint density at radius 2 is 1.90 bits per heavy atom. The fourth-order valence-corrected chi connectivity index (χ4v) is 4.00. The molecule has 1 aromatic carbocycles. The number of ketones is 1. The normalized spacial score (nSPS) is 19.1. The molecular formula is C22H26N2O6. The summed E-state index contributed by atoms with van der Waals surface area (Å²) in [7, 11) is 0. The van der Waals surface area contributed by atoms with Crippen LogP contribution in [0.2, 0.25) is 0 Å². The van der Waals surface area contributed by atoms with Gasteiger partial charge in [-0.3, -0.25) is 29.8 Å². The van der Waals surface area contributed by atoms with Crippen molar-refractivity contribution in [3.8, 4) is 5.75 Å². The highest BCUT2D eigenvalue weighted by molar-refractivity contribution is 6.32. The summed E-state index contributed by atoms with van der Waals surface area (Å²) in [5, 5.41) is 13.5. The van der Waals surface area contributed by atoms with Crippen LogP contribution in [0.3, 0.4) is 0 Å². The highest BCUT2D eigenvalue weighted by Crippen LogP contribution is 2.30. The average molecular weight is 414 g/mol. The molecule has 1 saturated carbocycles. The Balaban J connectivity index is 1.60. The van der Waals surface area contributed by atoms with E-state index in [-0.39, 0.29) is 17.0 Å². The summed E-state index contributed by atoms with van der Waals surface area (Å²) in [6.07, 6.45) is 10.5. The first-order valence-corrected chi connectivity index (χ1v) is 10.4. The number of nitrogens with one attached hydrogen (secondary N) is 1. The molecule has 160 valence electrons. The molecule has 3 rings (SSSR count). The topological polar surface area (TPSA) is 116 Å². The smallest absolute Gasteiger partial charge is 0.311 e. The third-order valence-corrected chi connectivity index (χ3v) is 5.60. The summed E-state index contributed by atoms with van der Waals surface area (Å²) in [6, 6.07) is 4.29. The fourth-order valence-electron chi connectivity index (χ4n) is 4.00. The molecule has 2 amide bonds. The van der Waals surface area contributed by atoms with Crippen LogP contribution in [-0.4, -0.2) is 29.1 Å². The number of ether oxygens (including phenoxy) is 1. The van der Waals surface area contributed by atoms with Crippen LogP contribution < -0.4 is 10.1 Å². The first-order valence-electron chi connectivity index (χ1n) is 10.4. The first kappa shape index (κ1) is 21.7. The van der Waals surface area contributed by atoms with Crippen LogP contribution in [0.15, 0.2) is 23.8 Å².